The molecule has 0 spiro atoms. The first-order chi connectivity index (χ1) is 7.68. The third kappa shape index (κ3) is 2.28. The number of hydrogen-bond donors (Lipinski definition) is 1. The summed E-state index contributed by atoms with van der Waals surface area (Å²) in [5.74, 6) is 0. The van der Waals surface area contributed by atoms with Crippen molar-refractivity contribution in [2.75, 3.05) is 0 Å². The maximum atomic E-state index is 5.94. The van der Waals surface area contributed by atoms with Crippen LogP contribution in [0, 0.1) is 0 Å². The number of hydrogen-bond acceptors (Lipinski definition) is 3. The van der Waals surface area contributed by atoms with Crippen LogP contribution in [0.4, 0.5) is 0 Å². The van der Waals surface area contributed by atoms with Crippen molar-refractivity contribution in [2.45, 2.75) is 23.0 Å². The molecule has 4 heteroatoms. The molecular weight excluding hydrogens is 218 g/mol. The highest BCUT2D eigenvalue weighted by molar-refractivity contribution is 7.99. The smallest absolute Gasteiger partial charge is 0.172 e. The molecule has 0 radical (unpaired) electrons. The molecule has 2 aromatic rings. The van der Waals surface area contributed by atoms with Crippen LogP contribution < -0.4 is 5.73 Å². The molecule has 1 atom stereocenters. The lowest BCUT2D eigenvalue weighted by molar-refractivity contribution is 0.780. The van der Waals surface area contributed by atoms with Gasteiger partial charge in [-0.15, -0.1) is 0 Å². The largest absolute Gasteiger partial charge is 0.329 e. The lowest BCUT2D eigenvalue weighted by Gasteiger charge is -2.11. The zero-order valence-electron chi connectivity index (χ0n) is 9.42. The van der Waals surface area contributed by atoms with E-state index in [0.29, 0.717) is 0 Å². The fourth-order valence-corrected chi connectivity index (χ4v) is 2.53. The summed E-state index contributed by atoms with van der Waals surface area (Å²) < 4.78 is 2.00. The number of rotatable bonds is 3. The molecule has 0 aliphatic rings. The van der Waals surface area contributed by atoms with Crippen molar-refractivity contribution in [3.05, 3.63) is 42.2 Å². The summed E-state index contributed by atoms with van der Waals surface area (Å²) in [6.45, 7) is 2.00. The van der Waals surface area contributed by atoms with Crippen LogP contribution in [-0.2, 0) is 7.05 Å². The number of aryl methyl sites for hydroxylation is 1. The van der Waals surface area contributed by atoms with Crippen LogP contribution in [0.2, 0.25) is 0 Å². The van der Waals surface area contributed by atoms with Crippen molar-refractivity contribution in [1.82, 2.24) is 9.55 Å². The molecule has 2 rings (SSSR count). The van der Waals surface area contributed by atoms with Gasteiger partial charge < -0.3 is 10.3 Å². The average molecular weight is 233 g/mol. The number of aromatic nitrogens is 2. The molecule has 1 aromatic heterocycles. The lowest BCUT2D eigenvalue weighted by Crippen LogP contribution is -2.06. The van der Waals surface area contributed by atoms with E-state index in [1.807, 2.05) is 36.9 Å². The molecular formula is C12H15N3S. The molecule has 84 valence electrons. The minimum atomic E-state index is 0.0453. The van der Waals surface area contributed by atoms with Gasteiger partial charge in [-0.3, -0.25) is 0 Å². The van der Waals surface area contributed by atoms with Gasteiger partial charge in [0.25, 0.3) is 0 Å². The Morgan fingerprint density at radius 1 is 1.38 bits per heavy atom. The monoisotopic (exact) mass is 233 g/mol. The van der Waals surface area contributed by atoms with E-state index in [2.05, 4.69) is 17.1 Å². The second-order valence-electron chi connectivity index (χ2n) is 3.75. The molecule has 0 fully saturated rings. The summed E-state index contributed by atoms with van der Waals surface area (Å²) in [5, 5.41) is 0.980. The van der Waals surface area contributed by atoms with Crippen LogP contribution in [0.3, 0.4) is 0 Å². The van der Waals surface area contributed by atoms with E-state index in [1.54, 1.807) is 18.0 Å². The molecule has 0 saturated heterocycles. The van der Waals surface area contributed by atoms with Crippen LogP contribution >= 0.6 is 11.8 Å². The van der Waals surface area contributed by atoms with Crippen LogP contribution in [0.1, 0.15) is 18.5 Å². The molecule has 0 aliphatic carbocycles. The standard InChI is InChI=1S/C12H15N3S/c1-9(13)10-5-3-4-6-11(10)16-12-14-7-8-15(12)2/h3-9H,13H2,1-2H3/t9-/m1/s1. The quantitative estimate of drug-likeness (QED) is 0.886. The Kier molecular flexibility index (Phi) is 3.31. The molecule has 1 aromatic carbocycles. The van der Waals surface area contributed by atoms with Crippen LogP contribution in [0.5, 0.6) is 0 Å². The minimum Gasteiger partial charge on any atom is -0.329 e. The van der Waals surface area contributed by atoms with E-state index in [9.17, 15) is 0 Å². The van der Waals surface area contributed by atoms with Gasteiger partial charge in [0.1, 0.15) is 0 Å². The molecule has 0 amide bonds. The van der Waals surface area contributed by atoms with Crippen molar-refractivity contribution in [2.24, 2.45) is 12.8 Å². The van der Waals surface area contributed by atoms with Crippen LogP contribution in [0.15, 0.2) is 46.7 Å². The third-order valence-corrected chi connectivity index (χ3v) is 3.56. The Bertz CT molecular complexity index is 477. The van der Waals surface area contributed by atoms with Crippen molar-refractivity contribution >= 4 is 11.8 Å². The molecule has 0 saturated carbocycles. The summed E-state index contributed by atoms with van der Waals surface area (Å²) >= 11 is 1.65. The zero-order chi connectivity index (χ0) is 11.5. The van der Waals surface area contributed by atoms with E-state index in [4.69, 9.17) is 5.73 Å². The Labute approximate surface area is 99.7 Å². The van der Waals surface area contributed by atoms with Crippen molar-refractivity contribution in [1.29, 1.82) is 0 Å². The highest BCUT2D eigenvalue weighted by atomic mass is 32.2. The SMILES string of the molecule is C[C@@H](N)c1ccccc1Sc1nccn1C. The van der Waals surface area contributed by atoms with Crippen LogP contribution in [0.25, 0.3) is 0 Å². The van der Waals surface area contributed by atoms with E-state index >= 15 is 0 Å². The second kappa shape index (κ2) is 4.72. The van der Waals surface area contributed by atoms with Crippen LogP contribution in [-0.4, -0.2) is 9.55 Å². The van der Waals surface area contributed by atoms with E-state index in [1.165, 1.54) is 4.90 Å². The number of nitrogens with zero attached hydrogens (tertiary/aromatic N) is 2. The normalized spacial score (nSPS) is 12.7. The van der Waals surface area contributed by atoms with Gasteiger partial charge in [0.15, 0.2) is 5.16 Å². The molecule has 2 N–H and O–H groups in total. The Balaban J connectivity index is 2.31. The van der Waals surface area contributed by atoms with E-state index in [0.717, 1.165) is 10.7 Å². The molecule has 0 unspecified atom stereocenters. The first kappa shape index (κ1) is 11.2. The highest BCUT2D eigenvalue weighted by Crippen LogP contribution is 2.31. The fraction of sp³-hybridized carbons (Fsp3) is 0.250. The van der Waals surface area contributed by atoms with Gasteiger partial charge >= 0.3 is 0 Å². The second-order valence-corrected chi connectivity index (χ2v) is 4.76. The van der Waals surface area contributed by atoms with Crippen molar-refractivity contribution in [3.8, 4) is 0 Å². The van der Waals surface area contributed by atoms with Crippen molar-refractivity contribution < 1.29 is 0 Å². The maximum Gasteiger partial charge on any atom is 0.172 e. The first-order valence-electron chi connectivity index (χ1n) is 5.18. The summed E-state index contributed by atoms with van der Waals surface area (Å²) in [5.41, 5.74) is 7.10. The van der Waals surface area contributed by atoms with Gasteiger partial charge in [0.2, 0.25) is 0 Å². The zero-order valence-corrected chi connectivity index (χ0v) is 10.2. The predicted molar refractivity (Wildman–Crippen MR) is 66.4 cm³/mol. The van der Waals surface area contributed by atoms with Gasteiger partial charge in [0, 0.05) is 30.4 Å². The Morgan fingerprint density at radius 2 is 2.12 bits per heavy atom. The van der Waals surface area contributed by atoms with Crippen molar-refractivity contribution in [3.63, 3.8) is 0 Å². The average Bonchev–Trinajstić information content (AvgIpc) is 2.65. The Hall–Kier alpha value is -1.26. The van der Waals surface area contributed by atoms with Gasteiger partial charge in [-0.25, -0.2) is 4.98 Å². The van der Waals surface area contributed by atoms with Gasteiger partial charge in [0.05, 0.1) is 0 Å². The fourth-order valence-electron chi connectivity index (χ4n) is 1.50. The van der Waals surface area contributed by atoms with Gasteiger partial charge in [-0.1, -0.05) is 30.0 Å². The predicted octanol–water partition coefficient (Wildman–Crippen LogP) is 2.59. The third-order valence-electron chi connectivity index (χ3n) is 2.39. The van der Waals surface area contributed by atoms with Gasteiger partial charge in [-0.2, -0.15) is 0 Å². The molecule has 0 bridgehead atoms. The number of nitrogens with two attached hydrogens (primary N) is 1. The minimum absolute atomic E-state index is 0.0453. The van der Waals surface area contributed by atoms with E-state index in [-0.39, 0.29) is 6.04 Å². The summed E-state index contributed by atoms with van der Waals surface area (Å²) in [7, 11) is 1.99. The Morgan fingerprint density at radius 3 is 2.75 bits per heavy atom. The van der Waals surface area contributed by atoms with Gasteiger partial charge in [-0.05, 0) is 18.6 Å². The number of imidazole rings is 1. The molecule has 16 heavy (non-hydrogen) atoms. The summed E-state index contributed by atoms with van der Waals surface area (Å²) in [4.78, 5) is 5.47. The number of benzene rings is 1. The van der Waals surface area contributed by atoms with E-state index < -0.39 is 0 Å². The summed E-state index contributed by atoms with van der Waals surface area (Å²) in [6, 6.07) is 8.23. The molecule has 3 nitrogen and oxygen atoms in total. The maximum absolute atomic E-state index is 5.94. The lowest BCUT2D eigenvalue weighted by atomic mass is 10.1. The topological polar surface area (TPSA) is 43.8 Å². The highest BCUT2D eigenvalue weighted by Gasteiger charge is 2.09. The molecule has 0 aliphatic heterocycles. The summed E-state index contributed by atoms with van der Waals surface area (Å²) in [6.07, 6.45) is 3.74. The first-order valence-corrected chi connectivity index (χ1v) is 6.00. The molecule has 1 heterocycles.